The molecule has 0 saturated heterocycles. The van der Waals surface area contributed by atoms with Crippen LogP contribution >= 0.6 is 11.6 Å². The lowest BCUT2D eigenvalue weighted by atomic mass is 10.0. The molecule has 1 unspecified atom stereocenters. The van der Waals surface area contributed by atoms with Crippen molar-refractivity contribution in [3.63, 3.8) is 0 Å². The third-order valence-corrected chi connectivity index (χ3v) is 5.84. The van der Waals surface area contributed by atoms with Gasteiger partial charge in [0.05, 0.1) is 0 Å². The van der Waals surface area contributed by atoms with Gasteiger partial charge in [0.2, 0.25) is 5.91 Å². The third kappa shape index (κ3) is 7.55. The summed E-state index contributed by atoms with van der Waals surface area (Å²) in [4.78, 5) is 50.2. The van der Waals surface area contributed by atoms with Gasteiger partial charge in [-0.15, -0.1) is 0 Å². The minimum absolute atomic E-state index is 0.139. The van der Waals surface area contributed by atoms with Crippen molar-refractivity contribution < 1.29 is 19.2 Å². The fraction of sp³-hybridized carbons (Fsp3) is 0.259. The van der Waals surface area contributed by atoms with Crippen molar-refractivity contribution in [2.75, 3.05) is 25.5 Å². The van der Waals surface area contributed by atoms with Crippen molar-refractivity contribution in [2.24, 2.45) is 0 Å². The highest BCUT2D eigenvalue weighted by Crippen LogP contribution is 2.22. The Labute approximate surface area is 215 Å². The number of halogens is 1. The first kappa shape index (κ1) is 26.7. The van der Waals surface area contributed by atoms with Crippen LogP contribution in [0.15, 0.2) is 66.7 Å². The highest BCUT2D eigenvalue weighted by molar-refractivity contribution is 6.80. The smallest absolute Gasteiger partial charge is 0.309 e. The summed E-state index contributed by atoms with van der Waals surface area (Å²) in [5.74, 6) is -1.63. The highest BCUT2D eigenvalue weighted by Gasteiger charge is 2.21. The Morgan fingerprint density at radius 3 is 2.28 bits per heavy atom. The molecule has 3 aromatic carbocycles. The van der Waals surface area contributed by atoms with Crippen LogP contribution in [0.5, 0.6) is 0 Å². The van der Waals surface area contributed by atoms with E-state index in [0.717, 1.165) is 22.0 Å². The van der Waals surface area contributed by atoms with Gasteiger partial charge in [-0.2, -0.15) is 0 Å². The molecule has 3 amide bonds. The van der Waals surface area contributed by atoms with E-state index in [0.29, 0.717) is 18.5 Å². The van der Waals surface area contributed by atoms with E-state index in [1.54, 1.807) is 12.1 Å². The van der Waals surface area contributed by atoms with Crippen LogP contribution in [0.4, 0.5) is 5.69 Å². The normalized spacial score (nSPS) is 11.4. The molecule has 0 aliphatic rings. The Morgan fingerprint density at radius 2 is 1.58 bits per heavy atom. The summed E-state index contributed by atoms with van der Waals surface area (Å²) in [5, 5.41) is 8.85. The van der Waals surface area contributed by atoms with Crippen molar-refractivity contribution in [3.05, 3.63) is 77.9 Å². The van der Waals surface area contributed by atoms with Gasteiger partial charge < -0.3 is 20.9 Å². The molecule has 0 aliphatic carbocycles. The van der Waals surface area contributed by atoms with Gasteiger partial charge in [0, 0.05) is 38.4 Å². The van der Waals surface area contributed by atoms with Gasteiger partial charge in [-0.05, 0) is 65.0 Å². The molecule has 0 bridgehead atoms. The maximum Gasteiger partial charge on any atom is 0.309 e. The molecular formula is C27H29ClN4O4. The second kappa shape index (κ2) is 12.7. The van der Waals surface area contributed by atoms with Crippen LogP contribution in [0.3, 0.4) is 0 Å². The van der Waals surface area contributed by atoms with Crippen LogP contribution in [-0.4, -0.2) is 49.6 Å². The van der Waals surface area contributed by atoms with Crippen LogP contribution in [-0.2, 0) is 20.9 Å². The number of nitrogens with zero attached hydrogens (tertiary/aromatic N) is 1. The second-order valence-electron chi connectivity index (χ2n) is 8.54. The number of rotatable bonds is 11. The average Bonchev–Trinajstić information content (AvgIpc) is 2.88. The first-order chi connectivity index (χ1) is 17.2. The zero-order valence-electron chi connectivity index (χ0n) is 20.2. The summed E-state index contributed by atoms with van der Waals surface area (Å²) in [6, 6.07) is 19.9. The van der Waals surface area contributed by atoms with Gasteiger partial charge in [-0.25, -0.2) is 0 Å². The van der Waals surface area contributed by atoms with Crippen LogP contribution < -0.4 is 20.9 Å². The number of amides is 3. The predicted octanol–water partition coefficient (Wildman–Crippen LogP) is 2.98. The molecule has 0 heterocycles. The lowest BCUT2D eigenvalue weighted by Crippen LogP contribution is -2.47. The van der Waals surface area contributed by atoms with Gasteiger partial charge in [0.1, 0.15) is 6.04 Å². The minimum Gasteiger partial charge on any atom is -0.378 e. The molecule has 0 spiro atoms. The Balaban J connectivity index is 1.69. The maximum absolute atomic E-state index is 13.1. The molecule has 1 atom stereocenters. The number of nitrogens with one attached hydrogen (secondary N) is 3. The second-order valence-corrected chi connectivity index (χ2v) is 8.89. The summed E-state index contributed by atoms with van der Waals surface area (Å²) in [6.07, 6.45) is 0.605. The standard InChI is InChI=1S/C27H29ClN4O4/c1-32(2)22-13-12-19-15-21(11-10-20(19)16-22)25(34)31-23(9-6-14-29-27(36)24(28)33)26(35)30-17-18-7-4-3-5-8-18/h3-5,7-8,10-13,15-16,23H,6,9,14,17H2,1-2H3,(H,29,36)(H,30,35)(H,31,34). The molecule has 3 rings (SSSR count). The number of carbonyl (C=O) groups excluding carboxylic acids is 4. The fourth-order valence-corrected chi connectivity index (χ4v) is 3.72. The number of carbonyl (C=O) groups is 4. The van der Waals surface area contributed by atoms with Gasteiger partial charge in [0.25, 0.3) is 5.91 Å². The molecule has 3 aromatic rings. The number of hydrogen-bond donors (Lipinski definition) is 3. The summed E-state index contributed by atoms with van der Waals surface area (Å²) in [7, 11) is 3.93. The molecular weight excluding hydrogens is 480 g/mol. The van der Waals surface area contributed by atoms with Gasteiger partial charge in [-0.3, -0.25) is 19.2 Å². The molecule has 0 aromatic heterocycles. The summed E-state index contributed by atoms with van der Waals surface area (Å²) in [5.41, 5.74) is 2.41. The SMILES string of the molecule is CN(C)c1ccc2cc(C(=O)NC(CCCNC(=O)C(=O)Cl)C(=O)NCc3ccccc3)ccc2c1. The largest absolute Gasteiger partial charge is 0.378 e. The van der Waals surface area contributed by atoms with Crippen LogP contribution in [0.2, 0.25) is 0 Å². The Hall–Kier alpha value is -3.91. The van der Waals surface area contributed by atoms with E-state index in [1.807, 2.05) is 73.6 Å². The summed E-state index contributed by atoms with van der Waals surface area (Å²) < 4.78 is 0. The van der Waals surface area contributed by atoms with Gasteiger partial charge in [-0.1, -0.05) is 42.5 Å². The zero-order chi connectivity index (χ0) is 26.1. The van der Waals surface area contributed by atoms with Crippen molar-refractivity contribution in [1.82, 2.24) is 16.0 Å². The molecule has 9 heteroatoms. The highest BCUT2D eigenvalue weighted by atomic mass is 35.5. The Kier molecular flexibility index (Phi) is 9.41. The van der Waals surface area contributed by atoms with E-state index in [4.69, 9.17) is 11.6 Å². The fourth-order valence-electron chi connectivity index (χ4n) is 3.65. The Morgan fingerprint density at radius 1 is 0.889 bits per heavy atom. The van der Waals surface area contributed by atoms with Crippen molar-refractivity contribution >= 4 is 51.0 Å². The van der Waals surface area contributed by atoms with Crippen LogP contribution in [0.1, 0.15) is 28.8 Å². The first-order valence-electron chi connectivity index (χ1n) is 11.6. The topological polar surface area (TPSA) is 108 Å². The monoisotopic (exact) mass is 508 g/mol. The zero-order valence-corrected chi connectivity index (χ0v) is 21.0. The summed E-state index contributed by atoms with van der Waals surface area (Å²) >= 11 is 5.15. The average molecular weight is 509 g/mol. The van der Waals surface area contributed by atoms with E-state index in [2.05, 4.69) is 16.0 Å². The van der Waals surface area contributed by atoms with Crippen LogP contribution in [0, 0.1) is 0 Å². The summed E-state index contributed by atoms with van der Waals surface area (Å²) in [6.45, 7) is 0.452. The molecule has 36 heavy (non-hydrogen) atoms. The predicted molar refractivity (Wildman–Crippen MR) is 141 cm³/mol. The molecule has 8 nitrogen and oxygen atoms in total. The lowest BCUT2D eigenvalue weighted by Gasteiger charge is -2.19. The molecule has 0 saturated carbocycles. The van der Waals surface area contributed by atoms with E-state index in [9.17, 15) is 19.2 Å². The number of benzene rings is 3. The first-order valence-corrected chi connectivity index (χ1v) is 11.9. The Bertz CT molecular complexity index is 1250. The van der Waals surface area contributed by atoms with Crippen molar-refractivity contribution in [2.45, 2.75) is 25.4 Å². The van der Waals surface area contributed by atoms with Crippen molar-refractivity contribution in [1.29, 1.82) is 0 Å². The number of hydrogen-bond acceptors (Lipinski definition) is 5. The molecule has 0 radical (unpaired) electrons. The molecule has 0 fully saturated rings. The lowest BCUT2D eigenvalue weighted by molar-refractivity contribution is -0.133. The number of fused-ring (bicyclic) bond motifs is 1. The third-order valence-electron chi connectivity index (χ3n) is 5.67. The molecule has 3 N–H and O–H groups in total. The van der Waals surface area contributed by atoms with E-state index in [1.165, 1.54) is 0 Å². The van der Waals surface area contributed by atoms with Gasteiger partial charge >= 0.3 is 11.1 Å². The van der Waals surface area contributed by atoms with E-state index >= 15 is 0 Å². The van der Waals surface area contributed by atoms with E-state index < -0.39 is 17.2 Å². The number of anilines is 1. The van der Waals surface area contributed by atoms with Crippen LogP contribution in [0.25, 0.3) is 10.8 Å². The quantitative estimate of drug-likeness (QED) is 0.210. The minimum atomic E-state index is -1.10. The molecule has 0 aliphatic heterocycles. The molecule has 188 valence electrons. The van der Waals surface area contributed by atoms with E-state index in [-0.39, 0.29) is 24.8 Å². The maximum atomic E-state index is 13.1. The van der Waals surface area contributed by atoms with Gasteiger partial charge in [0.15, 0.2) is 0 Å². The van der Waals surface area contributed by atoms with Crippen molar-refractivity contribution in [3.8, 4) is 0 Å².